The summed E-state index contributed by atoms with van der Waals surface area (Å²) in [5.41, 5.74) is 1.43. The van der Waals surface area contributed by atoms with Crippen LogP contribution in [-0.2, 0) is 11.3 Å². The van der Waals surface area contributed by atoms with Gasteiger partial charge >= 0.3 is 0 Å². The lowest BCUT2D eigenvalue weighted by Crippen LogP contribution is -2.46. The van der Waals surface area contributed by atoms with Gasteiger partial charge in [0.2, 0.25) is 5.91 Å². The molecule has 29 heavy (non-hydrogen) atoms. The monoisotopic (exact) mass is 411 g/mol. The maximum absolute atomic E-state index is 13.0. The molecule has 0 unspecified atom stereocenters. The molecule has 150 valence electrons. The fourth-order valence-corrected chi connectivity index (χ4v) is 4.84. The largest absolute Gasteiger partial charge is 0.497 e. The van der Waals surface area contributed by atoms with Gasteiger partial charge in [0.05, 0.1) is 56.2 Å². The Bertz CT molecular complexity index is 980. The Hall–Kier alpha value is -2.89. The number of rotatable bonds is 5. The first-order valence-corrected chi connectivity index (χ1v) is 10.2. The normalized spacial score (nSPS) is 19.7. The van der Waals surface area contributed by atoms with Gasteiger partial charge < -0.3 is 13.9 Å². The standard InChI is InChI=1S/C21H21N3O4S/c1-26-14-5-6-16(19(8-14)27-2)17-9-20(25)24-12-23(11-15-4-3-7-28-15)13-29-21(24)18(17)10-22/h3-8,17H,9,11-13H2,1-2H3/t17-/m0/s1. The lowest BCUT2D eigenvalue weighted by atomic mass is 9.86. The maximum atomic E-state index is 13.0. The third-order valence-corrected chi connectivity index (χ3v) is 6.33. The molecule has 8 heteroatoms. The zero-order valence-electron chi connectivity index (χ0n) is 16.3. The lowest BCUT2D eigenvalue weighted by Gasteiger charge is -2.41. The number of allylic oxidation sites excluding steroid dienone is 1. The molecule has 1 fully saturated rings. The SMILES string of the molecule is COc1ccc([C@@H]2CC(=O)N3CN(Cc4ccco4)CSC3=C2C#N)c(OC)c1. The van der Waals surface area contributed by atoms with E-state index in [0.717, 1.165) is 16.4 Å². The number of fused-ring (bicyclic) bond motifs is 1. The number of furan rings is 1. The summed E-state index contributed by atoms with van der Waals surface area (Å²) in [7, 11) is 3.17. The Morgan fingerprint density at radius 1 is 1.31 bits per heavy atom. The molecule has 1 aromatic carbocycles. The van der Waals surface area contributed by atoms with Crippen LogP contribution in [0.3, 0.4) is 0 Å². The molecule has 4 rings (SSSR count). The lowest BCUT2D eigenvalue weighted by molar-refractivity contribution is -0.132. The summed E-state index contributed by atoms with van der Waals surface area (Å²) in [4.78, 5) is 16.8. The van der Waals surface area contributed by atoms with Gasteiger partial charge in [-0.1, -0.05) is 17.8 Å². The van der Waals surface area contributed by atoms with E-state index in [1.165, 1.54) is 11.8 Å². The van der Waals surface area contributed by atoms with E-state index in [2.05, 4.69) is 11.0 Å². The summed E-state index contributed by atoms with van der Waals surface area (Å²) in [6, 6.07) is 11.6. The summed E-state index contributed by atoms with van der Waals surface area (Å²) in [5, 5.41) is 10.7. The molecule has 1 saturated heterocycles. The van der Waals surface area contributed by atoms with Crippen molar-refractivity contribution in [1.29, 1.82) is 5.26 Å². The average molecular weight is 411 g/mol. The molecule has 2 aliphatic heterocycles. The number of carbonyl (C=O) groups is 1. The Kier molecular flexibility index (Phi) is 5.51. The van der Waals surface area contributed by atoms with E-state index in [4.69, 9.17) is 13.9 Å². The first kappa shape index (κ1) is 19.4. The molecule has 1 amide bonds. The fraction of sp³-hybridized carbons (Fsp3) is 0.333. The van der Waals surface area contributed by atoms with Crippen molar-refractivity contribution >= 4 is 17.7 Å². The number of thioether (sulfide) groups is 1. The minimum Gasteiger partial charge on any atom is -0.497 e. The molecule has 1 aromatic heterocycles. The molecular weight excluding hydrogens is 390 g/mol. The number of hydrogen-bond donors (Lipinski definition) is 0. The van der Waals surface area contributed by atoms with Crippen molar-refractivity contribution in [2.75, 3.05) is 26.8 Å². The predicted octanol–water partition coefficient (Wildman–Crippen LogP) is 3.51. The van der Waals surface area contributed by atoms with Gasteiger partial charge in [-0.05, 0) is 18.2 Å². The Morgan fingerprint density at radius 2 is 2.17 bits per heavy atom. The van der Waals surface area contributed by atoms with E-state index in [9.17, 15) is 10.1 Å². The zero-order chi connectivity index (χ0) is 20.4. The van der Waals surface area contributed by atoms with Gasteiger partial charge in [-0.25, -0.2) is 0 Å². The van der Waals surface area contributed by atoms with Crippen LogP contribution in [-0.4, -0.2) is 42.5 Å². The van der Waals surface area contributed by atoms with Crippen molar-refractivity contribution in [3.63, 3.8) is 0 Å². The summed E-state index contributed by atoms with van der Waals surface area (Å²) in [5.74, 6) is 2.48. The van der Waals surface area contributed by atoms with E-state index in [-0.39, 0.29) is 18.2 Å². The zero-order valence-corrected chi connectivity index (χ0v) is 17.1. The third kappa shape index (κ3) is 3.71. The number of nitriles is 1. The minimum atomic E-state index is -0.330. The molecule has 0 radical (unpaired) electrons. The van der Waals surface area contributed by atoms with Gasteiger partial charge in [-0.2, -0.15) is 5.26 Å². The van der Waals surface area contributed by atoms with Gasteiger partial charge in [-0.3, -0.25) is 14.6 Å². The second-order valence-corrected chi connectivity index (χ2v) is 7.77. The summed E-state index contributed by atoms with van der Waals surface area (Å²) < 4.78 is 16.2. The van der Waals surface area contributed by atoms with E-state index in [1.807, 2.05) is 24.3 Å². The molecule has 1 atom stereocenters. The molecule has 7 nitrogen and oxygen atoms in total. The number of benzene rings is 1. The van der Waals surface area contributed by atoms with Gasteiger partial charge in [0.15, 0.2) is 0 Å². The summed E-state index contributed by atoms with van der Waals surface area (Å²) in [6.07, 6.45) is 1.87. The van der Waals surface area contributed by atoms with Gasteiger partial charge in [-0.15, -0.1) is 0 Å². The molecule has 2 aliphatic rings. The van der Waals surface area contributed by atoms with Gasteiger partial charge in [0.1, 0.15) is 17.3 Å². The van der Waals surface area contributed by atoms with E-state index < -0.39 is 0 Å². The highest BCUT2D eigenvalue weighted by Crippen LogP contribution is 2.45. The number of amides is 1. The van der Waals surface area contributed by atoms with Crippen LogP contribution >= 0.6 is 11.8 Å². The van der Waals surface area contributed by atoms with E-state index >= 15 is 0 Å². The second kappa shape index (κ2) is 8.23. The maximum Gasteiger partial charge on any atom is 0.229 e. The first-order valence-electron chi connectivity index (χ1n) is 9.18. The van der Waals surface area contributed by atoms with Gasteiger partial charge in [0.25, 0.3) is 0 Å². The van der Waals surface area contributed by atoms with Crippen molar-refractivity contribution in [2.24, 2.45) is 0 Å². The topological polar surface area (TPSA) is 78.9 Å². The van der Waals surface area contributed by atoms with Crippen LogP contribution in [0.4, 0.5) is 0 Å². The molecular formula is C21H21N3O4S. The Morgan fingerprint density at radius 3 is 2.86 bits per heavy atom. The first-order chi connectivity index (χ1) is 14.1. The molecule has 0 aliphatic carbocycles. The van der Waals surface area contributed by atoms with Crippen molar-refractivity contribution in [1.82, 2.24) is 9.80 Å². The van der Waals surface area contributed by atoms with Crippen LogP contribution in [0.1, 0.15) is 23.7 Å². The van der Waals surface area contributed by atoms with E-state index in [1.54, 1.807) is 31.4 Å². The molecule has 2 aromatic rings. The number of ether oxygens (including phenoxy) is 2. The van der Waals surface area contributed by atoms with Crippen molar-refractivity contribution in [3.05, 3.63) is 58.5 Å². The highest BCUT2D eigenvalue weighted by atomic mass is 32.2. The molecule has 3 heterocycles. The molecule has 0 bridgehead atoms. The van der Waals surface area contributed by atoms with Crippen LogP contribution in [0.25, 0.3) is 0 Å². The Labute approximate surface area is 173 Å². The third-order valence-electron chi connectivity index (χ3n) is 5.13. The minimum absolute atomic E-state index is 0.00137. The Balaban J connectivity index is 1.64. The highest BCUT2D eigenvalue weighted by molar-refractivity contribution is 8.03. The number of methoxy groups -OCH3 is 2. The predicted molar refractivity (Wildman–Crippen MR) is 108 cm³/mol. The van der Waals surface area contributed by atoms with Crippen molar-refractivity contribution in [2.45, 2.75) is 18.9 Å². The second-order valence-electron chi connectivity index (χ2n) is 6.84. The molecule has 0 spiro atoms. The van der Waals surface area contributed by atoms with Crippen LogP contribution in [0, 0.1) is 11.3 Å². The van der Waals surface area contributed by atoms with Crippen LogP contribution in [0.2, 0.25) is 0 Å². The smallest absolute Gasteiger partial charge is 0.229 e. The molecule has 0 N–H and O–H groups in total. The number of carbonyl (C=O) groups excluding carboxylic acids is 1. The quantitative estimate of drug-likeness (QED) is 0.745. The van der Waals surface area contributed by atoms with Gasteiger partial charge in [0, 0.05) is 24.0 Å². The van der Waals surface area contributed by atoms with Crippen LogP contribution in [0.5, 0.6) is 11.5 Å². The van der Waals surface area contributed by atoms with Crippen LogP contribution < -0.4 is 9.47 Å². The molecule has 0 saturated carbocycles. The average Bonchev–Trinajstić information content (AvgIpc) is 3.26. The van der Waals surface area contributed by atoms with Crippen LogP contribution in [0.15, 0.2) is 51.6 Å². The number of hydrogen-bond acceptors (Lipinski definition) is 7. The summed E-state index contributed by atoms with van der Waals surface area (Å²) >= 11 is 1.51. The summed E-state index contributed by atoms with van der Waals surface area (Å²) in [6.45, 7) is 1.06. The number of nitrogens with zero attached hydrogens (tertiary/aromatic N) is 3. The van der Waals surface area contributed by atoms with Crippen molar-refractivity contribution in [3.8, 4) is 17.6 Å². The van der Waals surface area contributed by atoms with Crippen molar-refractivity contribution < 1.29 is 18.7 Å². The van der Waals surface area contributed by atoms with E-state index in [0.29, 0.717) is 36.2 Å². The highest BCUT2D eigenvalue weighted by Gasteiger charge is 2.39. The fourth-order valence-electron chi connectivity index (χ4n) is 3.70.